The van der Waals surface area contributed by atoms with E-state index in [2.05, 4.69) is 4.98 Å². The average Bonchev–Trinajstić information content (AvgIpc) is 3.19. The summed E-state index contributed by atoms with van der Waals surface area (Å²) in [4.78, 5) is 50.3. The first-order valence-corrected chi connectivity index (χ1v) is 11.4. The number of carbonyl (C=O) groups is 4. The molecule has 0 fully saturated rings. The highest BCUT2D eigenvalue weighted by molar-refractivity contribution is 7.71. The van der Waals surface area contributed by atoms with Gasteiger partial charge in [0.05, 0.1) is 11.4 Å². The summed E-state index contributed by atoms with van der Waals surface area (Å²) in [5.41, 5.74) is 1.04. The molecule has 1 N–H and O–H groups in total. The Balaban J connectivity index is 2.12. The Morgan fingerprint density at radius 3 is 2.14 bits per heavy atom. The van der Waals surface area contributed by atoms with E-state index in [1.165, 1.54) is 13.8 Å². The lowest BCUT2D eigenvalue weighted by molar-refractivity contribution is -0.190. The summed E-state index contributed by atoms with van der Waals surface area (Å²) in [5.74, 6) is -2.78. The van der Waals surface area contributed by atoms with Crippen LogP contribution >= 0.6 is 12.2 Å². The van der Waals surface area contributed by atoms with Gasteiger partial charge in [0, 0.05) is 39.3 Å². The molecule has 0 saturated heterocycles. The summed E-state index contributed by atoms with van der Waals surface area (Å²) in [7, 11) is 0. The number of rotatable bonds is 9. The predicted molar refractivity (Wildman–Crippen MR) is 131 cm³/mol. The van der Waals surface area contributed by atoms with Crippen LogP contribution in [0.15, 0.2) is 48.7 Å². The topological polar surface area (TPSA) is 126 Å². The van der Waals surface area contributed by atoms with Crippen molar-refractivity contribution in [2.75, 3.05) is 6.61 Å². The number of nitrogens with one attached hydrogen (secondary N) is 1. The van der Waals surface area contributed by atoms with Crippen LogP contribution in [0.1, 0.15) is 39.5 Å². The molecule has 0 bridgehead atoms. The quantitative estimate of drug-likeness (QED) is 0.258. The molecule has 0 amide bonds. The SMILES string of the molecule is CC(=O)OC[C@@H](OC(C)=O)[C@@H](OC(C)=O)[C@H](OC(C)=O)c1cn(-c2cccc3ccccc23)c(=S)[nH]1. The first-order valence-electron chi connectivity index (χ1n) is 11.0. The maximum Gasteiger partial charge on any atom is 0.303 e. The van der Waals surface area contributed by atoms with E-state index in [1.807, 2.05) is 42.5 Å². The molecule has 3 rings (SSSR count). The van der Waals surface area contributed by atoms with E-state index in [4.69, 9.17) is 31.2 Å². The molecule has 2 aromatic carbocycles. The van der Waals surface area contributed by atoms with Crippen molar-refractivity contribution >= 4 is 46.9 Å². The third kappa shape index (κ3) is 6.57. The Bertz CT molecular complexity index is 1340. The minimum atomic E-state index is -1.36. The number of ether oxygens (including phenoxy) is 4. The summed E-state index contributed by atoms with van der Waals surface area (Å²) in [5, 5.41) is 1.92. The molecule has 0 aliphatic carbocycles. The van der Waals surface area contributed by atoms with Crippen molar-refractivity contribution in [2.24, 2.45) is 0 Å². The highest BCUT2D eigenvalue weighted by Crippen LogP contribution is 2.30. The number of nitrogens with zero attached hydrogens (tertiary/aromatic N) is 1. The minimum Gasteiger partial charge on any atom is -0.462 e. The molecule has 1 heterocycles. The maximum absolute atomic E-state index is 12.1. The van der Waals surface area contributed by atoms with Gasteiger partial charge >= 0.3 is 23.9 Å². The Hall–Kier alpha value is -3.99. The Morgan fingerprint density at radius 1 is 0.861 bits per heavy atom. The van der Waals surface area contributed by atoms with Crippen molar-refractivity contribution in [1.82, 2.24) is 9.55 Å². The first-order chi connectivity index (χ1) is 17.1. The molecule has 1 aromatic heterocycles. The molecule has 3 atom stereocenters. The fourth-order valence-corrected chi connectivity index (χ4v) is 4.04. The van der Waals surface area contributed by atoms with Crippen LogP contribution in [-0.4, -0.2) is 52.2 Å². The molecule has 0 unspecified atom stereocenters. The Kier molecular flexibility index (Phi) is 8.59. The summed E-state index contributed by atoms with van der Waals surface area (Å²) >= 11 is 5.55. The van der Waals surface area contributed by atoms with Crippen molar-refractivity contribution in [3.63, 3.8) is 0 Å². The van der Waals surface area contributed by atoms with Gasteiger partial charge in [-0.05, 0) is 23.7 Å². The van der Waals surface area contributed by atoms with Crippen molar-refractivity contribution < 1.29 is 38.1 Å². The van der Waals surface area contributed by atoms with Gasteiger partial charge in [-0.2, -0.15) is 0 Å². The van der Waals surface area contributed by atoms with Gasteiger partial charge in [-0.25, -0.2) is 0 Å². The molecule has 11 heteroatoms. The molecule has 0 spiro atoms. The van der Waals surface area contributed by atoms with Crippen molar-refractivity contribution in [1.29, 1.82) is 0 Å². The summed E-state index contributed by atoms with van der Waals surface area (Å²) in [6.07, 6.45) is -2.29. The third-order valence-electron chi connectivity index (χ3n) is 5.10. The normalized spacial score (nSPS) is 13.3. The fourth-order valence-electron chi connectivity index (χ4n) is 3.77. The van der Waals surface area contributed by atoms with E-state index >= 15 is 0 Å². The van der Waals surface area contributed by atoms with Crippen LogP contribution in [0.2, 0.25) is 0 Å². The third-order valence-corrected chi connectivity index (χ3v) is 5.40. The van der Waals surface area contributed by atoms with Crippen molar-refractivity contribution in [3.8, 4) is 5.69 Å². The van der Waals surface area contributed by atoms with Crippen molar-refractivity contribution in [3.05, 3.63) is 59.1 Å². The monoisotopic (exact) mass is 514 g/mol. The zero-order valence-corrected chi connectivity index (χ0v) is 21.0. The smallest absolute Gasteiger partial charge is 0.303 e. The Labute approximate surface area is 212 Å². The van der Waals surface area contributed by atoms with E-state index in [9.17, 15) is 19.2 Å². The number of aromatic nitrogens is 2. The van der Waals surface area contributed by atoms with Gasteiger partial charge in [-0.1, -0.05) is 36.4 Å². The van der Waals surface area contributed by atoms with Crippen LogP contribution in [-0.2, 0) is 38.1 Å². The standard InChI is InChI=1S/C25H26N2O8S/c1-14(28)32-13-22(33-15(2)29)24(35-17(4)31)23(34-16(3)30)20-12-27(25(36)26-20)21-11-7-9-18-8-5-6-10-19(18)21/h5-12,22-24H,13H2,1-4H3,(H,26,36)/t22-,23-,24-/m1/s1. The first kappa shape index (κ1) is 26.6. The molecular formula is C25H26N2O8S. The number of H-pyrrole nitrogens is 1. The number of carbonyl (C=O) groups excluding carboxylic acids is 4. The highest BCUT2D eigenvalue weighted by atomic mass is 32.1. The molecule has 0 radical (unpaired) electrons. The summed E-state index contributed by atoms with van der Waals surface area (Å²) in [6, 6.07) is 13.5. The van der Waals surface area contributed by atoms with Crippen LogP contribution in [0, 0.1) is 4.77 Å². The van der Waals surface area contributed by atoms with Crippen LogP contribution in [0.25, 0.3) is 16.5 Å². The lowest BCUT2D eigenvalue weighted by atomic mass is 10.0. The van der Waals surface area contributed by atoms with Gasteiger partial charge in [0.2, 0.25) is 0 Å². The molecule has 3 aromatic rings. The van der Waals surface area contributed by atoms with E-state index in [0.717, 1.165) is 30.3 Å². The van der Waals surface area contributed by atoms with E-state index < -0.39 is 48.8 Å². The number of imidazole rings is 1. The van der Waals surface area contributed by atoms with Gasteiger partial charge in [0.1, 0.15) is 6.61 Å². The Morgan fingerprint density at radius 2 is 1.50 bits per heavy atom. The fraction of sp³-hybridized carbons (Fsp3) is 0.320. The zero-order valence-electron chi connectivity index (χ0n) is 20.2. The molecule has 0 aliphatic heterocycles. The molecule has 0 aliphatic rings. The number of esters is 4. The minimum absolute atomic E-state index is 0.273. The summed E-state index contributed by atoms with van der Waals surface area (Å²) in [6.45, 7) is 4.22. The van der Waals surface area contributed by atoms with Gasteiger partial charge in [0.15, 0.2) is 23.1 Å². The second-order valence-corrected chi connectivity index (χ2v) is 8.32. The largest absolute Gasteiger partial charge is 0.462 e. The lowest BCUT2D eigenvalue weighted by Gasteiger charge is -2.31. The number of aromatic amines is 1. The number of fused-ring (bicyclic) bond motifs is 1. The van der Waals surface area contributed by atoms with Gasteiger partial charge in [-0.15, -0.1) is 0 Å². The second-order valence-electron chi connectivity index (χ2n) is 7.94. The van der Waals surface area contributed by atoms with Crippen LogP contribution < -0.4 is 0 Å². The summed E-state index contributed by atoms with van der Waals surface area (Å²) < 4.78 is 23.3. The lowest BCUT2D eigenvalue weighted by Crippen LogP contribution is -2.43. The second kappa shape index (κ2) is 11.6. The van der Waals surface area contributed by atoms with Crippen LogP contribution in [0.3, 0.4) is 0 Å². The van der Waals surface area contributed by atoms with Gasteiger partial charge < -0.3 is 23.9 Å². The molecule has 190 valence electrons. The highest BCUT2D eigenvalue weighted by Gasteiger charge is 2.40. The molecule has 10 nitrogen and oxygen atoms in total. The van der Waals surface area contributed by atoms with Crippen LogP contribution in [0.5, 0.6) is 0 Å². The predicted octanol–water partition coefficient (Wildman–Crippen LogP) is 3.72. The zero-order chi connectivity index (χ0) is 26.4. The van der Waals surface area contributed by atoms with Gasteiger partial charge in [-0.3, -0.25) is 23.7 Å². The molecule has 36 heavy (non-hydrogen) atoms. The number of hydrogen-bond acceptors (Lipinski definition) is 9. The molecule has 0 saturated carbocycles. The average molecular weight is 515 g/mol. The number of benzene rings is 2. The maximum atomic E-state index is 12.1. The van der Waals surface area contributed by atoms with E-state index in [-0.39, 0.29) is 10.5 Å². The van der Waals surface area contributed by atoms with E-state index in [0.29, 0.717) is 0 Å². The van der Waals surface area contributed by atoms with Crippen molar-refractivity contribution in [2.45, 2.75) is 46.0 Å². The van der Waals surface area contributed by atoms with E-state index in [1.54, 1.807) is 10.8 Å². The number of hydrogen-bond donors (Lipinski definition) is 1. The van der Waals surface area contributed by atoms with Crippen LogP contribution in [0.4, 0.5) is 0 Å². The van der Waals surface area contributed by atoms with Gasteiger partial charge in [0.25, 0.3) is 0 Å². The molecular weight excluding hydrogens is 488 g/mol.